The topological polar surface area (TPSA) is 26.0 Å². The predicted molar refractivity (Wildman–Crippen MR) is 73.2 cm³/mol. The molecule has 1 nitrogen and oxygen atoms in total. The molecule has 2 aromatic rings. The summed E-state index contributed by atoms with van der Waals surface area (Å²) in [7, 11) is 0. The first kappa shape index (κ1) is 12.8. The number of hydrogen-bond donors (Lipinski definition) is 1. The van der Waals surface area contributed by atoms with Crippen LogP contribution in [0.2, 0.25) is 0 Å². The van der Waals surface area contributed by atoms with Gasteiger partial charge in [0.25, 0.3) is 0 Å². The van der Waals surface area contributed by atoms with Crippen molar-refractivity contribution < 1.29 is 4.39 Å². The minimum absolute atomic E-state index is 0.00897. The van der Waals surface area contributed by atoms with Crippen LogP contribution in [-0.2, 0) is 12.1 Å². The zero-order chi connectivity index (χ0) is 13.0. The van der Waals surface area contributed by atoms with Crippen LogP contribution in [0.4, 0.5) is 4.39 Å². The van der Waals surface area contributed by atoms with E-state index in [1.807, 2.05) is 49.4 Å². The van der Waals surface area contributed by atoms with Crippen LogP contribution < -0.4 is 5.73 Å². The lowest BCUT2D eigenvalue weighted by Crippen LogP contribution is -2.32. The number of nitrogens with two attached hydrogens (primary N) is 1. The summed E-state index contributed by atoms with van der Waals surface area (Å²) in [6, 6.07) is 17.1. The monoisotopic (exact) mass is 243 g/mol. The van der Waals surface area contributed by atoms with Crippen molar-refractivity contribution in [1.29, 1.82) is 0 Å². The molecule has 1 unspecified atom stereocenters. The summed E-state index contributed by atoms with van der Waals surface area (Å²) >= 11 is 0. The average molecular weight is 243 g/mol. The number of halogens is 1. The molecule has 2 N–H and O–H groups in total. The third-order valence-electron chi connectivity index (χ3n) is 3.18. The number of alkyl halides is 1. The molecular formula is C16H18FN. The van der Waals surface area contributed by atoms with Crippen LogP contribution in [0.5, 0.6) is 0 Å². The van der Waals surface area contributed by atoms with Crippen LogP contribution in [-0.4, -0.2) is 6.54 Å². The minimum atomic E-state index is -1.49. The lowest BCUT2D eigenvalue weighted by atomic mass is 9.88. The van der Waals surface area contributed by atoms with Crippen molar-refractivity contribution in [3.05, 3.63) is 71.3 Å². The maximum Gasteiger partial charge on any atom is 0.152 e. The van der Waals surface area contributed by atoms with Gasteiger partial charge in [-0.25, -0.2) is 4.39 Å². The lowest BCUT2D eigenvalue weighted by molar-refractivity contribution is 0.175. The second-order valence-electron chi connectivity index (χ2n) is 4.70. The van der Waals surface area contributed by atoms with Gasteiger partial charge in [0, 0.05) is 13.0 Å². The second kappa shape index (κ2) is 5.32. The van der Waals surface area contributed by atoms with Crippen molar-refractivity contribution in [3.8, 4) is 0 Å². The molecule has 0 fully saturated rings. The molecule has 0 aliphatic carbocycles. The van der Waals surface area contributed by atoms with E-state index in [0.717, 1.165) is 11.1 Å². The van der Waals surface area contributed by atoms with Gasteiger partial charge in [0.05, 0.1) is 0 Å². The quantitative estimate of drug-likeness (QED) is 0.875. The normalized spacial score (nSPS) is 14.2. The fourth-order valence-electron chi connectivity index (χ4n) is 2.17. The Balaban J connectivity index is 2.29. The molecule has 0 spiro atoms. The highest BCUT2D eigenvalue weighted by Gasteiger charge is 2.30. The molecule has 18 heavy (non-hydrogen) atoms. The van der Waals surface area contributed by atoms with E-state index in [1.54, 1.807) is 12.1 Å². The molecule has 0 aliphatic heterocycles. The molecule has 94 valence electrons. The first-order chi connectivity index (χ1) is 8.64. The molecule has 0 aliphatic rings. The molecule has 0 heterocycles. The van der Waals surface area contributed by atoms with Gasteiger partial charge in [-0.15, -0.1) is 0 Å². The average Bonchev–Trinajstić information content (AvgIpc) is 2.39. The molecule has 0 saturated heterocycles. The zero-order valence-corrected chi connectivity index (χ0v) is 10.6. The minimum Gasteiger partial charge on any atom is -0.327 e. The summed E-state index contributed by atoms with van der Waals surface area (Å²) in [6.45, 7) is 2.00. The Labute approximate surface area is 107 Å². The Bertz CT molecular complexity index is 510. The molecule has 0 amide bonds. The van der Waals surface area contributed by atoms with E-state index in [9.17, 15) is 4.39 Å². The van der Waals surface area contributed by atoms with E-state index in [2.05, 4.69) is 0 Å². The molecule has 0 aromatic heterocycles. The van der Waals surface area contributed by atoms with Crippen molar-refractivity contribution in [2.75, 3.05) is 6.54 Å². The fourth-order valence-corrected chi connectivity index (χ4v) is 2.17. The largest absolute Gasteiger partial charge is 0.327 e. The van der Waals surface area contributed by atoms with E-state index in [1.165, 1.54) is 0 Å². The predicted octanol–water partition coefficient (Wildman–Crippen LogP) is 3.36. The van der Waals surface area contributed by atoms with E-state index < -0.39 is 5.67 Å². The van der Waals surface area contributed by atoms with Gasteiger partial charge in [0.2, 0.25) is 0 Å². The third kappa shape index (κ3) is 2.77. The third-order valence-corrected chi connectivity index (χ3v) is 3.18. The summed E-state index contributed by atoms with van der Waals surface area (Å²) in [5, 5.41) is 0. The summed E-state index contributed by atoms with van der Waals surface area (Å²) in [6.07, 6.45) is 0.315. The van der Waals surface area contributed by atoms with E-state index in [4.69, 9.17) is 5.73 Å². The highest BCUT2D eigenvalue weighted by Crippen LogP contribution is 2.29. The maximum atomic E-state index is 14.9. The van der Waals surface area contributed by atoms with Gasteiger partial charge in [-0.05, 0) is 18.1 Å². The molecule has 2 aromatic carbocycles. The van der Waals surface area contributed by atoms with E-state index >= 15 is 0 Å². The van der Waals surface area contributed by atoms with Gasteiger partial charge in [0.15, 0.2) is 5.67 Å². The lowest BCUT2D eigenvalue weighted by Gasteiger charge is -2.24. The number of rotatable bonds is 4. The van der Waals surface area contributed by atoms with Gasteiger partial charge in [-0.1, -0.05) is 60.2 Å². The summed E-state index contributed by atoms with van der Waals surface area (Å²) in [4.78, 5) is 0. The molecule has 2 rings (SSSR count). The molecule has 0 bridgehead atoms. The molecule has 0 saturated carbocycles. The van der Waals surface area contributed by atoms with Crippen LogP contribution in [0.25, 0.3) is 0 Å². The SMILES string of the molecule is Cc1cccc(CC(F)(CN)c2ccccc2)c1. The Morgan fingerprint density at radius 2 is 1.78 bits per heavy atom. The summed E-state index contributed by atoms with van der Waals surface area (Å²) in [5.41, 5.74) is 6.92. The Morgan fingerprint density at radius 3 is 2.39 bits per heavy atom. The molecule has 2 heteroatoms. The van der Waals surface area contributed by atoms with Gasteiger partial charge < -0.3 is 5.73 Å². The summed E-state index contributed by atoms with van der Waals surface area (Å²) in [5.74, 6) is 0. The van der Waals surface area contributed by atoms with Crippen LogP contribution in [0, 0.1) is 6.92 Å². The van der Waals surface area contributed by atoms with Crippen molar-refractivity contribution in [2.45, 2.75) is 19.0 Å². The van der Waals surface area contributed by atoms with Crippen LogP contribution in [0.1, 0.15) is 16.7 Å². The Hall–Kier alpha value is -1.67. The van der Waals surface area contributed by atoms with E-state index in [-0.39, 0.29) is 6.54 Å². The van der Waals surface area contributed by atoms with Crippen molar-refractivity contribution in [2.24, 2.45) is 5.73 Å². The van der Waals surface area contributed by atoms with Crippen LogP contribution >= 0.6 is 0 Å². The number of hydrogen-bond acceptors (Lipinski definition) is 1. The second-order valence-corrected chi connectivity index (χ2v) is 4.70. The van der Waals surface area contributed by atoms with Gasteiger partial charge in [0.1, 0.15) is 0 Å². The molecule has 0 radical (unpaired) electrons. The summed E-state index contributed by atoms with van der Waals surface area (Å²) < 4.78 is 14.9. The van der Waals surface area contributed by atoms with Crippen LogP contribution in [0.15, 0.2) is 54.6 Å². The van der Waals surface area contributed by atoms with Gasteiger partial charge >= 0.3 is 0 Å². The fraction of sp³-hybridized carbons (Fsp3) is 0.250. The first-order valence-electron chi connectivity index (χ1n) is 6.14. The van der Waals surface area contributed by atoms with Gasteiger partial charge in [-0.2, -0.15) is 0 Å². The number of aryl methyl sites for hydroxylation is 1. The number of benzene rings is 2. The molecule has 1 atom stereocenters. The van der Waals surface area contributed by atoms with Crippen LogP contribution in [0.3, 0.4) is 0 Å². The van der Waals surface area contributed by atoms with Crippen molar-refractivity contribution in [1.82, 2.24) is 0 Å². The smallest absolute Gasteiger partial charge is 0.152 e. The zero-order valence-electron chi connectivity index (χ0n) is 10.6. The van der Waals surface area contributed by atoms with Crippen molar-refractivity contribution >= 4 is 0 Å². The first-order valence-corrected chi connectivity index (χ1v) is 6.14. The maximum absolute atomic E-state index is 14.9. The van der Waals surface area contributed by atoms with Gasteiger partial charge in [-0.3, -0.25) is 0 Å². The van der Waals surface area contributed by atoms with Crippen molar-refractivity contribution in [3.63, 3.8) is 0 Å². The Kier molecular flexibility index (Phi) is 3.78. The highest BCUT2D eigenvalue weighted by atomic mass is 19.1. The molecular weight excluding hydrogens is 225 g/mol. The standard InChI is InChI=1S/C16H18FN/c1-13-6-5-7-14(10-13)11-16(17,12-18)15-8-3-2-4-9-15/h2-10H,11-12,18H2,1H3. The van der Waals surface area contributed by atoms with E-state index in [0.29, 0.717) is 12.0 Å². The highest BCUT2D eigenvalue weighted by molar-refractivity contribution is 5.29. The Morgan fingerprint density at radius 1 is 1.06 bits per heavy atom.